The van der Waals surface area contributed by atoms with Crippen molar-refractivity contribution >= 4 is 16.5 Å². The van der Waals surface area contributed by atoms with Crippen molar-refractivity contribution in [1.82, 2.24) is 10.3 Å². The Hall–Kier alpha value is -0.610. The molecule has 1 unspecified atom stereocenters. The van der Waals surface area contributed by atoms with E-state index in [2.05, 4.69) is 31.0 Å². The molecule has 0 saturated carbocycles. The maximum atomic E-state index is 4.70. The van der Waals surface area contributed by atoms with Crippen LogP contribution in [0.25, 0.3) is 0 Å². The Balaban J connectivity index is 2.14. The van der Waals surface area contributed by atoms with E-state index in [1.165, 1.54) is 41.6 Å². The van der Waals surface area contributed by atoms with Crippen molar-refractivity contribution in [3.8, 4) is 0 Å². The summed E-state index contributed by atoms with van der Waals surface area (Å²) in [7, 11) is 0. The fraction of sp³-hybridized carbons (Fsp3) is 0.750. The lowest BCUT2D eigenvalue weighted by atomic mass is 10.2. The zero-order chi connectivity index (χ0) is 11.5. The average Bonchev–Trinajstić information content (AvgIpc) is 2.86. The van der Waals surface area contributed by atoms with E-state index in [0.29, 0.717) is 6.04 Å². The quantitative estimate of drug-likeness (QED) is 0.875. The first kappa shape index (κ1) is 11.9. The number of nitrogens with one attached hydrogen (secondary N) is 1. The molecule has 1 aliphatic heterocycles. The molecule has 0 bridgehead atoms. The third-order valence-corrected chi connectivity index (χ3v) is 4.50. The number of aryl methyl sites for hydroxylation is 1. The van der Waals surface area contributed by atoms with Gasteiger partial charge in [0.15, 0.2) is 5.13 Å². The summed E-state index contributed by atoms with van der Waals surface area (Å²) in [6.45, 7) is 9.87. The van der Waals surface area contributed by atoms with E-state index in [4.69, 9.17) is 4.98 Å². The third kappa shape index (κ3) is 2.38. The lowest BCUT2D eigenvalue weighted by Crippen LogP contribution is -2.17. The molecule has 1 aliphatic rings. The van der Waals surface area contributed by atoms with Gasteiger partial charge < -0.3 is 10.2 Å². The van der Waals surface area contributed by atoms with Gasteiger partial charge in [0.2, 0.25) is 0 Å². The summed E-state index contributed by atoms with van der Waals surface area (Å²) in [4.78, 5) is 8.51. The number of hydrogen-bond acceptors (Lipinski definition) is 4. The summed E-state index contributed by atoms with van der Waals surface area (Å²) in [6, 6.07) is 0.429. The van der Waals surface area contributed by atoms with Crippen molar-refractivity contribution in [2.45, 2.75) is 39.7 Å². The predicted molar refractivity (Wildman–Crippen MR) is 70.4 cm³/mol. The van der Waals surface area contributed by atoms with Crippen molar-refractivity contribution < 1.29 is 0 Å². The van der Waals surface area contributed by atoms with E-state index < -0.39 is 0 Å². The van der Waals surface area contributed by atoms with Gasteiger partial charge in [-0.05, 0) is 33.2 Å². The number of aromatic nitrogens is 1. The maximum absolute atomic E-state index is 4.70. The van der Waals surface area contributed by atoms with Crippen LogP contribution in [0.5, 0.6) is 0 Å². The van der Waals surface area contributed by atoms with E-state index in [1.54, 1.807) is 0 Å². The van der Waals surface area contributed by atoms with Crippen molar-refractivity contribution in [3.05, 3.63) is 10.6 Å². The molecule has 2 rings (SSSR count). The van der Waals surface area contributed by atoms with Crippen LogP contribution < -0.4 is 10.2 Å². The normalized spacial score (nSPS) is 18.1. The fourth-order valence-electron chi connectivity index (χ4n) is 2.24. The Morgan fingerprint density at radius 1 is 1.44 bits per heavy atom. The number of thiazole rings is 1. The van der Waals surface area contributed by atoms with Crippen LogP contribution in [0.3, 0.4) is 0 Å². The molecule has 1 aromatic heterocycles. The predicted octanol–water partition coefficient (Wildman–Crippen LogP) is 2.72. The average molecular weight is 239 g/mol. The molecular formula is C12H21N3S. The molecule has 0 aromatic carbocycles. The molecular weight excluding hydrogens is 218 g/mol. The Morgan fingerprint density at radius 3 is 2.75 bits per heavy atom. The monoisotopic (exact) mass is 239 g/mol. The molecule has 4 heteroatoms. The summed E-state index contributed by atoms with van der Waals surface area (Å²) >= 11 is 1.86. The molecule has 1 aromatic rings. The molecule has 0 amide bonds. The maximum Gasteiger partial charge on any atom is 0.185 e. The molecule has 90 valence electrons. The summed E-state index contributed by atoms with van der Waals surface area (Å²) < 4.78 is 0. The Morgan fingerprint density at radius 2 is 2.12 bits per heavy atom. The Kier molecular flexibility index (Phi) is 3.82. The van der Waals surface area contributed by atoms with Gasteiger partial charge in [-0.1, -0.05) is 6.92 Å². The number of nitrogens with zero attached hydrogens (tertiary/aromatic N) is 2. The molecule has 16 heavy (non-hydrogen) atoms. The van der Waals surface area contributed by atoms with Crippen LogP contribution in [-0.2, 0) is 0 Å². The second-order valence-electron chi connectivity index (χ2n) is 4.42. The summed E-state index contributed by atoms with van der Waals surface area (Å²) in [5.74, 6) is 0. The first-order valence-electron chi connectivity index (χ1n) is 6.18. The summed E-state index contributed by atoms with van der Waals surface area (Å²) in [5, 5.41) is 4.68. The van der Waals surface area contributed by atoms with Gasteiger partial charge in [-0.15, -0.1) is 11.3 Å². The van der Waals surface area contributed by atoms with Gasteiger partial charge >= 0.3 is 0 Å². The van der Waals surface area contributed by atoms with Gasteiger partial charge in [0, 0.05) is 24.0 Å². The smallest absolute Gasteiger partial charge is 0.185 e. The molecule has 2 heterocycles. The van der Waals surface area contributed by atoms with E-state index in [0.717, 1.165) is 6.54 Å². The van der Waals surface area contributed by atoms with Gasteiger partial charge in [0.1, 0.15) is 0 Å². The highest BCUT2D eigenvalue weighted by molar-refractivity contribution is 7.15. The lowest BCUT2D eigenvalue weighted by Gasteiger charge is -2.13. The van der Waals surface area contributed by atoms with Crippen LogP contribution >= 0.6 is 11.3 Å². The van der Waals surface area contributed by atoms with E-state index in [9.17, 15) is 0 Å². The van der Waals surface area contributed by atoms with Crippen molar-refractivity contribution in [2.24, 2.45) is 0 Å². The second-order valence-corrected chi connectivity index (χ2v) is 5.43. The van der Waals surface area contributed by atoms with Crippen LogP contribution in [0.2, 0.25) is 0 Å². The minimum absolute atomic E-state index is 0.429. The van der Waals surface area contributed by atoms with Crippen LogP contribution in [0.15, 0.2) is 0 Å². The van der Waals surface area contributed by atoms with Crippen LogP contribution in [0.1, 0.15) is 43.3 Å². The number of hydrogen-bond donors (Lipinski definition) is 1. The molecule has 0 spiro atoms. The molecule has 1 N–H and O–H groups in total. The van der Waals surface area contributed by atoms with Crippen molar-refractivity contribution in [3.63, 3.8) is 0 Å². The lowest BCUT2D eigenvalue weighted by molar-refractivity contribution is 0.603. The first-order valence-corrected chi connectivity index (χ1v) is 6.99. The van der Waals surface area contributed by atoms with Gasteiger partial charge in [0.25, 0.3) is 0 Å². The molecule has 3 nitrogen and oxygen atoms in total. The third-order valence-electron chi connectivity index (χ3n) is 3.10. The topological polar surface area (TPSA) is 28.2 Å². The van der Waals surface area contributed by atoms with Crippen molar-refractivity contribution in [2.75, 3.05) is 24.5 Å². The van der Waals surface area contributed by atoms with Crippen LogP contribution in [0, 0.1) is 6.92 Å². The summed E-state index contributed by atoms with van der Waals surface area (Å²) in [6.07, 6.45) is 2.63. The first-order chi connectivity index (χ1) is 7.72. The van der Waals surface area contributed by atoms with Gasteiger partial charge in [-0.2, -0.15) is 0 Å². The molecule has 1 fully saturated rings. The standard InChI is InChI=1S/C12H21N3S/c1-4-13-9(2)11-10(3)14-12(16-11)15-7-5-6-8-15/h9,13H,4-8H2,1-3H3. The van der Waals surface area contributed by atoms with Gasteiger partial charge in [-0.3, -0.25) is 0 Å². The van der Waals surface area contributed by atoms with E-state index in [1.807, 2.05) is 11.3 Å². The largest absolute Gasteiger partial charge is 0.348 e. The fourth-order valence-corrected chi connectivity index (χ4v) is 3.38. The van der Waals surface area contributed by atoms with Gasteiger partial charge in [0.05, 0.1) is 5.69 Å². The zero-order valence-electron chi connectivity index (χ0n) is 10.4. The number of anilines is 1. The highest BCUT2D eigenvalue weighted by Gasteiger charge is 2.19. The van der Waals surface area contributed by atoms with E-state index >= 15 is 0 Å². The Bertz CT molecular complexity index is 342. The minimum Gasteiger partial charge on any atom is -0.348 e. The second kappa shape index (κ2) is 5.15. The van der Waals surface area contributed by atoms with E-state index in [-0.39, 0.29) is 0 Å². The molecule has 1 atom stereocenters. The minimum atomic E-state index is 0.429. The van der Waals surface area contributed by atoms with Crippen LogP contribution in [0.4, 0.5) is 5.13 Å². The Labute approximate surface area is 102 Å². The molecule has 0 aliphatic carbocycles. The summed E-state index contributed by atoms with van der Waals surface area (Å²) in [5.41, 5.74) is 1.19. The highest BCUT2D eigenvalue weighted by atomic mass is 32.1. The number of rotatable bonds is 4. The van der Waals surface area contributed by atoms with Gasteiger partial charge in [-0.25, -0.2) is 4.98 Å². The zero-order valence-corrected chi connectivity index (χ0v) is 11.2. The SMILES string of the molecule is CCNC(C)c1sc(N2CCCC2)nc1C. The van der Waals surface area contributed by atoms with Crippen LogP contribution in [-0.4, -0.2) is 24.6 Å². The molecule has 0 radical (unpaired) electrons. The van der Waals surface area contributed by atoms with Crippen molar-refractivity contribution in [1.29, 1.82) is 0 Å². The highest BCUT2D eigenvalue weighted by Crippen LogP contribution is 2.32. The molecule has 1 saturated heterocycles.